The summed E-state index contributed by atoms with van der Waals surface area (Å²) in [6.45, 7) is 1.03. The third-order valence-electron chi connectivity index (χ3n) is 11.1. The van der Waals surface area contributed by atoms with E-state index in [1.165, 1.54) is 48.5 Å². The fourth-order valence-corrected chi connectivity index (χ4v) is 7.88. The van der Waals surface area contributed by atoms with Crippen LogP contribution in [-0.2, 0) is 25.7 Å². The molecule has 8 rings (SSSR count). The van der Waals surface area contributed by atoms with Gasteiger partial charge in [-0.15, -0.1) is 36.4 Å². The van der Waals surface area contributed by atoms with E-state index in [0.717, 1.165) is 22.3 Å². The van der Waals surface area contributed by atoms with Crippen molar-refractivity contribution in [3.63, 3.8) is 0 Å². The molecule has 0 spiro atoms. The predicted molar refractivity (Wildman–Crippen MR) is 249 cm³/mol. The van der Waals surface area contributed by atoms with Crippen LogP contribution in [0.4, 0.5) is 17.6 Å². The summed E-state index contributed by atoms with van der Waals surface area (Å²) in [5.74, 6) is 1.25. The van der Waals surface area contributed by atoms with Crippen molar-refractivity contribution in [3.05, 3.63) is 118 Å². The van der Waals surface area contributed by atoms with Gasteiger partial charge in [0.15, 0.2) is 0 Å². The number of ether oxygens (including phenoxy) is 4. The molecule has 62 heavy (non-hydrogen) atoms. The SMILES string of the molecule is CI.Cl.I.OC(CNCC(O)C1CCc2cc(F)ccc2O1)C1CCc2cc(F)ccc2O1.OC(CNCC(O)C1CCc2cc(F)ccc2O1)C1CCc2cc(F)ccc2O1. The number of benzene rings is 4. The quantitative estimate of drug-likeness (QED) is 0.0509. The molecule has 10 nitrogen and oxygen atoms in total. The topological polar surface area (TPSA) is 142 Å². The molecular formula is C45H55ClF4I2N2O8. The minimum absolute atomic E-state index is 0. The minimum atomic E-state index is -0.753. The van der Waals surface area contributed by atoms with Gasteiger partial charge in [-0.1, -0.05) is 22.6 Å². The highest BCUT2D eigenvalue weighted by molar-refractivity contribution is 14.1. The summed E-state index contributed by atoms with van der Waals surface area (Å²) in [4.78, 5) is 1.97. The lowest BCUT2D eigenvalue weighted by molar-refractivity contribution is 0.00889. The highest BCUT2D eigenvalue weighted by atomic mass is 127. The van der Waals surface area contributed by atoms with Crippen LogP contribution in [0.15, 0.2) is 72.8 Å². The van der Waals surface area contributed by atoms with Gasteiger partial charge in [-0.05, 0) is 151 Å². The smallest absolute Gasteiger partial charge is 0.126 e. The van der Waals surface area contributed by atoms with Crippen molar-refractivity contribution in [1.82, 2.24) is 10.6 Å². The van der Waals surface area contributed by atoms with Gasteiger partial charge in [0.1, 0.15) is 95.1 Å². The van der Waals surface area contributed by atoms with E-state index in [1.54, 1.807) is 24.3 Å². The Morgan fingerprint density at radius 3 is 0.887 bits per heavy atom. The van der Waals surface area contributed by atoms with Crippen molar-refractivity contribution in [2.45, 2.75) is 100 Å². The standard InChI is InChI=1S/2C22H25F2NO4.CH3I.ClH.HI/c2*23-15-3-7-19-13(9-15)1-5-21(28-19)17(26)11-25-12-18(27)22-6-2-14-10-16(24)4-8-20(14)29-22;1-2;;/h2*3-4,7-10,17-18,21-22,25-27H,1-2,5-6,11-12H2;1H3;2*1H. The summed E-state index contributed by atoms with van der Waals surface area (Å²) in [5, 5.41) is 47.8. The normalized spacial score (nSPS) is 21.3. The van der Waals surface area contributed by atoms with Gasteiger partial charge in [-0.25, -0.2) is 17.6 Å². The van der Waals surface area contributed by atoms with Crippen LogP contribution in [0.5, 0.6) is 23.0 Å². The number of aliphatic hydroxyl groups is 4. The Kier molecular flexibility index (Phi) is 21.0. The first-order valence-electron chi connectivity index (χ1n) is 20.3. The fraction of sp³-hybridized carbons (Fsp3) is 0.467. The van der Waals surface area contributed by atoms with Crippen LogP contribution in [0.2, 0.25) is 0 Å². The van der Waals surface area contributed by atoms with Crippen molar-refractivity contribution in [3.8, 4) is 23.0 Å². The van der Waals surface area contributed by atoms with Gasteiger partial charge in [0.25, 0.3) is 0 Å². The lowest BCUT2D eigenvalue weighted by Crippen LogP contribution is -2.46. The molecule has 0 fully saturated rings. The predicted octanol–water partition coefficient (Wildman–Crippen LogP) is 6.82. The molecule has 4 aromatic carbocycles. The van der Waals surface area contributed by atoms with Crippen molar-refractivity contribution < 1.29 is 56.9 Å². The molecule has 0 saturated carbocycles. The number of fused-ring (bicyclic) bond motifs is 4. The van der Waals surface area contributed by atoms with Gasteiger partial charge in [0, 0.05) is 26.2 Å². The average Bonchev–Trinajstić information content (AvgIpc) is 3.26. The Labute approximate surface area is 396 Å². The van der Waals surface area contributed by atoms with Crippen LogP contribution in [-0.4, -0.2) is 100 Å². The molecule has 8 atom stereocenters. The highest BCUT2D eigenvalue weighted by Crippen LogP contribution is 2.33. The number of alkyl halides is 1. The van der Waals surface area contributed by atoms with E-state index in [-0.39, 0.29) is 110 Å². The summed E-state index contributed by atoms with van der Waals surface area (Å²) in [5.41, 5.74) is 3.25. The molecule has 0 saturated heterocycles. The van der Waals surface area contributed by atoms with E-state index < -0.39 is 24.4 Å². The lowest BCUT2D eigenvalue weighted by Gasteiger charge is -2.31. The van der Waals surface area contributed by atoms with Gasteiger partial charge in [0.05, 0.1) is 0 Å². The molecule has 0 aliphatic carbocycles. The molecule has 4 aliphatic rings. The molecule has 17 heteroatoms. The summed E-state index contributed by atoms with van der Waals surface area (Å²) in [6.07, 6.45) is 0.428. The number of aliphatic hydroxyl groups excluding tert-OH is 4. The maximum Gasteiger partial charge on any atom is 0.126 e. The molecule has 0 aromatic heterocycles. The summed E-state index contributed by atoms with van der Waals surface area (Å²) in [7, 11) is 0. The molecule has 4 aliphatic heterocycles. The van der Waals surface area contributed by atoms with E-state index in [2.05, 4.69) is 33.2 Å². The number of hydrogen-bond donors (Lipinski definition) is 6. The van der Waals surface area contributed by atoms with Crippen molar-refractivity contribution in [2.24, 2.45) is 0 Å². The van der Waals surface area contributed by atoms with Gasteiger partial charge >= 0.3 is 0 Å². The molecule has 0 amide bonds. The highest BCUT2D eigenvalue weighted by Gasteiger charge is 2.31. The van der Waals surface area contributed by atoms with E-state index in [9.17, 15) is 38.0 Å². The first-order chi connectivity index (χ1) is 29.0. The van der Waals surface area contributed by atoms with Crippen LogP contribution in [0.25, 0.3) is 0 Å². The first-order valence-corrected chi connectivity index (χ1v) is 22.5. The second kappa shape index (κ2) is 25.1. The van der Waals surface area contributed by atoms with E-state index in [1.807, 2.05) is 4.93 Å². The Hall–Kier alpha value is -2.69. The molecular weight excluding hydrogens is 1060 g/mol. The zero-order valence-corrected chi connectivity index (χ0v) is 39.5. The Morgan fingerprint density at radius 2 is 0.677 bits per heavy atom. The average molecular weight is 1120 g/mol. The zero-order valence-electron chi connectivity index (χ0n) is 34.2. The molecule has 8 unspecified atom stereocenters. The molecule has 0 bridgehead atoms. The summed E-state index contributed by atoms with van der Waals surface area (Å²) >= 11 is 2.15. The van der Waals surface area contributed by atoms with Gasteiger partial charge in [0.2, 0.25) is 0 Å². The largest absolute Gasteiger partial charge is 0.487 e. The number of halogens is 7. The van der Waals surface area contributed by atoms with Gasteiger partial charge in [-0.3, -0.25) is 0 Å². The van der Waals surface area contributed by atoms with Crippen LogP contribution in [0, 0.1) is 23.3 Å². The Balaban J connectivity index is 0.000000254. The van der Waals surface area contributed by atoms with Crippen molar-refractivity contribution >= 4 is 59.0 Å². The Morgan fingerprint density at radius 1 is 0.468 bits per heavy atom. The zero-order chi connectivity index (χ0) is 42.8. The molecule has 342 valence electrons. The lowest BCUT2D eigenvalue weighted by atomic mass is 9.98. The second-order valence-electron chi connectivity index (χ2n) is 15.4. The number of rotatable bonds is 12. The number of nitrogens with one attached hydrogen (secondary N) is 2. The van der Waals surface area contributed by atoms with Crippen molar-refractivity contribution in [2.75, 3.05) is 31.1 Å². The monoisotopic (exact) mass is 1120 g/mol. The first kappa shape index (κ1) is 51.9. The minimum Gasteiger partial charge on any atom is -0.487 e. The molecule has 6 N–H and O–H groups in total. The van der Waals surface area contributed by atoms with Crippen LogP contribution in [0.3, 0.4) is 0 Å². The van der Waals surface area contributed by atoms with Crippen LogP contribution >= 0.6 is 59.0 Å². The van der Waals surface area contributed by atoms with Crippen LogP contribution in [0.1, 0.15) is 47.9 Å². The maximum absolute atomic E-state index is 13.3. The van der Waals surface area contributed by atoms with Crippen molar-refractivity contribution in [1.29, 1.82) is 0 Å². The molecule has 0 radical (unpaired) electrons. The second-order valence-corrected chi connectivity index (χ2v) is 15.4. The number of hydrogen-bond acceptors (Lipinski definition) is 10. The van der Waals surface area contributed by atoms with Gasteiger partial charge in [-0.2, -0.15) is 0 Å². The van der Waals surface area contributed by atoms with Crippen LogP contribution < -0.4 is 29.6 Å². The summed E-state index contributed by atoms with van der Waals surface area (Å²) in [6, 6.07) is 17.6. The fourth-order valence-electron chi connectivity index (χ4n) is 7.88. The number of aryl methyl sites for hydroxylation is 4. The van der Waals surface area contributed by atoms with E-state index in [0.29, 0.717) is 74.4 Å². The third kappa shape index (κ3) is 14.2. The van der Waals surface area contributed by atoms with E-state index >= 15 is 0 Å². The third-order valence-corrected chi connectivity index (χ3v) is 11.1. The molecule has 4 aromatic rings. The Bertz CT molecular complexity index is 1750. The maximum atomic E-state index is 13.3. The van der Waals surface area contributed by atoms with Gasteiger partial charge < -0.3 is 50.0 Å². The molecule has 4 heterocycles. The van der Waals surface area contributed by atoms with E-state index in [4.69, 9.17) is 18.9 Å². The summed E-state index contributed by atoms with van der Waals surface area (Å²) < 4.78 is 76.3.